The van der Waals surface area contributed by atoms with E-state index in [-0.39, 0.29) is 23.0 Å². The van der Waals surface area contributed by atoms with Gasteiger partial charge in [-0.15, -0.1) is 11.3 Å². The summed E-state index contributed by atoms with van der Waals surface area (Å²) < 4.78 is 15.6. The Balaban J connectivity index is 1.93. The van der Waals surface area contributed by atoms with Crippen LogP contribution in [-0.2, 0) is 13.1 Å². The lowest BCUT2D eigenvalue weighted by Crippen LogP contribution is -2.26. The maximum Gasteiger partial charge on any atom is 0.260 e. The lowest BCUT2D eigenvalue weighted by atomic mass is 10.1. The van der Waals surface area contributed by atoms with Crippen molar-refractivity contribution in [2.45, 2.75) is 33.4 Å². The first kappa shape index (κ1) is 18.6. The number of nitrogens with one attached hydrogen (secondary N) is 1. The number of aryl methyl sites for hydroxylation is 2. The van der Waals surface area contributed by atoms with Crippen molar-refractivity contribution in [3.05, 3.63) is 67.7 Å². The number of carbonyl (C=O) groups is 1. The standard InChI is InChI=1S/C19H18ClFN2O2S/c1-3-7-23-8-6-15-17(19(23)25)16(11(2)26-15)18(24)22-10-12-4-5-13(21)9-14(12)20/h4-6,8-9H,3,7,10H2,1-2H3,(H,22,24). The Morgan fingerprint density at radius 1 is 1.35 bits per heavy atom. The van der Waals surface area contributed by atoms with E-state index in [0.717, 1.165) is 16.0 Å². The van der Waals surface area contributed by atoms with Gasteiger partial charge in [-0.25, -0.2) is 4.39 Å². The van der Waals surface area contributed by atoms with Crippen LogP contribution in [0.25, 0.3) is 10.1 Å². The van der Waals surface area contributed by atoms with Gasteiger partial charge < -0.3 is 9.88 Å². The van der Waals surface area contributed by atoms with E-state index in [4.69, 9.17) is 11.6 Å². The Labute approximate surface area is 159 Å². The number of rotatable bonds is 5. The number of fused-ring (bicyclic) bond motifs is 1. The first-order chi connectivity index (χ1) is 12.4. The number of benzene rings is 1. The molecule has 0 bridgehead atoms. The third-order valence-electron chi connectivity index (χ3n) is 4.14. The highest BCUT2D eigenvalue weighted by Gasteiger charge is 2.20. The average Bonchev–Trinajstić information content (AvgIpc) is 2.93. The Morgan fingerprint density at radius 3 is 2.81 bits per heavy atom. The van der Waals surface area contributed by atoms with Gasteiger partial charge in [0.25, 0.3) is 11.5 Å². The van der Waals surface area contributed by atoms with Crippen molar-refractivity contribution in [2.24, 2.45) is 0 Å². The summed E-state index contributed by atoms with van der Waals surface area (Å²) in [5, 5.41) is 3.49. The van der Waals surface area contributed by atoms with Crippen LogP contribution >= 0.6 is 22.9 Å². The van der Waals surface area contributed by atoms with Crippen LogP contribution in [0, 0.1) is 12.7 Å². The third-order valence-corrected chi connectivity index (χ3v) is 5.56. The van der Waals surface area contributed by atoms with Crippen LogP contribution in [0.4, 0.5) is 4.39 Å². The molecule has 2 heterocycles. The van der Waals surface area contributed by atoms with Crippen LogP contribution in [0.3, 0.4) is 0 Å². The van der Waals surface area contributed by atoms with E-state index in [0.29, 0.717) is 23.1 Å². The van der Waals surface area contributed by atoms with E-state index in [1.54, 1.807) is 10.8 Å². The lowest BCUT2D eigenvalue weighted by molar-refractivity contribution is 0.0952. The van der Waals surface area contributed by atoms with Crippen molar-refractivity contribution in [2.75, 3.05) is 0 Å². The van der Waals surface area contributed by atoms with Gasteiger partial charge in [-0.3, -0.25) is 9.59 Å². The number of pyridine rings is 1. The van der Waals surface area contributed by atoms with Crippen molar-refractivity contribution in [1.82, 2.24) is 9.88 Å². The molecule has 1 amide bonds. The van der Waals surface area contributed by atoms with Gasteiger partial charge in [0.2, 0.25) is 0 Å². The van der Waals surface area contributed by atoms with E-state index < -0.39 is 5.82 Å². The molecule has 3 rings (SSSR count). The molecule has 2 aromatic heterocycles. The molecule has 0 aliphatic heterocycles. The molecule has 7 heteroatoms. The molecule has 1 N–H and O–H groups in total. The van der Waals surface area contributed by atoms with Gasteiger partial charge >= 0.3 is 0 Å². The van der Waals surface area contributed by atoms with Crippen LogP contribution < -0.4 is 10.9 Å². The van der Waals surface area contributed by atoms with Gasteiger partial charge in [0.05, 0.1) is 10.9 Å². The number of carbonyl (C=O) groups excluding carboxylic acids is 1. The second-order valence-corrected chi connectivity index (χ2v) is 7.67. The summed E-state index contributed by atoms with van der Waals surface area (Å²) in [5.41, 5.74) is 0.861. The topological polar surface area (TPSA) is 51.1 Å². The molecular formula is C19H18ClFN2O2S. The zero-order valence-electron chi connectivity index (χ0n) is 14.4. The summed E-state index contributed by atoms with van der Waals surface area (Å²) in [4.78, 5) is 26.3. The van der Waals surface area contributed by atoms with Crippen LogP contribution in [0.5, 0.6) is 0 Å². The fourth-order valence-electron chi connectivity index (χ4n) is 2.88. The van der Waals surface area contributed by atoms with E-state index in [1.807, 2.05) is 19.9 Å². The summed E-state index contributed by atoms with van der Waals surface area (Å²) in [5.74, 6) is -0.762. The molecular weight excluding hydrogens is 375 g/mol. The van der Waals surface area contributed by atoms with Crippen molar-refractivity contribution >= 4 is 38.9 Å². The number of thiophene rings is 1. The monoisotopic (exact) mass is 392 g/mol. The number of hydrogen-bond acceptors (Lipinski definition) is 3. The molecule has 0 radical (unpaired) electrons. The molecule has 1 aromatic carbocycles. The fraction of sp³-hybridized carbons (Fsp3) is 0.263. The molecule has 0 aliphatic rings. The van der Waals surface area contributed by atoms with Crippen molar-refractivity contribution in [3.8, 4) is 0 Å². The van der Waals surface area contributed by atoms with Crippen molar-refractivity contribution in [3.63, 3.8) is 0 Å². The van der Waals surface area contributed by atoms with Gasteiger partial charge in [0.15, 0.2) is 0 Å². The largest absolute Gasteiger partial charge is 0.348 e. The van der Waals surface area contributed by atoms with Crippen molar-refractivity contribution < 1.29 is 9.18 Å². The van der Waals surface area contributed by atoms with E-state index in [2.05, 4.69) is 5.32 Å². The summed E-state index contributed by atoms with van der Waals surface area (Å²) >= 11 is 7.43. The first-order valence-electron chi connectivity index (χ1n) is 8.27. The Kier molecular flexibility index (Phi) is 5.44. The Morgan fingerprint density at radius 2 is 2.12 bits per heavy atom. The SMILES string of the molecule is CCCn1ccc2sc(C)c(C(=O)NCc3ccc(F)cc3Cl)c2c1=O. The lowest BCUT2D eigenvalue weighted by Gasteiger charge is -2.08. The Bertz CT molecular complexity index is 1040. The molecule has 0 saturated carbocycles. The number of aromatic nitrogens is 1. The third kappa shape index (κ3) is 3.52. The highest BCUT2D eigenvalue weighted by molar-refractivity contribution is 7.19. The van der Waals surface area contributed by atoms with E-state index in [9.17, 15) is 14.0 Å². The van der Waals surface area contributed by atoms with Gasteiger partial charge in [-0.1, -0.05) is 24.6 Å². The van der Waals surface area contributed by atoms with Gasteiger partial charge in [-0.2, -0.15) is 0 Å². The zero-order valence-corrected chi connectivity index (χ0v) is 16.0. The molecule has 0 spiro atoms. The van der Waals surface area contributed by atoms with E-state index >= 15 is 0 Å². The second kappa shape index (κ2) is 7.60. The molecule has 136 valence electrons. The molecule has 3 aromatic rings. The molecule has 0 fully saturated rings. The predicted molar refractivity (Wildman–Crippen MR) is 104 cm³/mol. The molecule has 0 saturated heterocycles. The summed E-state index contributed by atoms with van der Waals surface area (Å²) in [7, 11) is 0. The van der Waals surface area contributed by atoms with Gasteiger partial charge in [0, 0.05) is 33.9 Å². The van der Waals surface area contributed by atoms with Crippen LogP contribution in [0.1, 0.15) is 34.1 Å². The first-order valence-corrected chi connectivity index (χ1v) is 9.46. The number of hydrogen-bond donors (Lipinski definition) is 1. The molecule has 4 nitrogen and oxygen atoms in total. The van der Waals surface area contributed by atoms with Crippen LogP contribution in [0.2, 0.25) is 5.02 Å². The maximum atomic E-state index is 13.1. The van der Waals surface area contributed by atoms with E-state index in [1.165, 1.54) is 29.5 Å². The average molecular weight is 393 g/mol. The molecule has 0 atom stereocenters. The normalized spacial score (nSPS) is 11.1. The molecule has 26 heavy (non-hydrogen) atoms. The smallest absolute Gasteiger partial charge is 0.260 e. The highest BCUT2D eigenvalue weighted by atomic mass is 35.5. The maximum absolute atomic E-state index is 13.1. The number of nitrogens with zero attached hydrogens (tertiary/aromatic N) is 1. The Hall–Kier alpha value is -2.18. The molecule has 0 unspecified atom stereocenters. The van der Waals surface area contributed by atoms with Crippen LogP contribution in [0.15, 0.2) is 35.3 Å². The minimum atomic E-state index is -0.429. The van der Waals surface area contributed by atoms with Crippen molar-refractivity contribution in [1.29, 1.82) is 0 Å². The minimum absolute atomic E-state index is 0.154. The van der Waals surface area contributed by atoms with Gasteiger partial charge in [-0.05, 0) is 37.1 Å². The highest BCUT2D eigenvalue weighted by Crippen LogP contribution is 2.28. The predicted octanol–water partition coefficient (Wildman–Crippen LogP) is 4.50. The quantitative estimate of drug-likeness (QED) is 0.694. The molecule has 0 aliphatic carbocycles. The fourth-order valence-corrected chi connectivity index (χ4v) is 4.17. The minimum Gasteiger partial charge on any atom is -0.348 e. The number of amides is 1. The van der Waals surface area contributed by atoms with Gasteiger partial charge in [0.1, 0.15) is 5.82 Å². The second-order valence-electron chi connectivity index (χ2n) is 6.01. The van der Waals surface area contributed by atoms with Crippen LogP contribution in [-0.4, -0.2) is 10.5 Å². The summed E-state index contributed by atoms with van der Waals surface area (Å²) in [6.45, 7) is 4.59. The number of halogens is 2. The summed E-state index contributed by atoms with van der Waals surface area (Å²) in [6.07, 6.45) is 2.60. The summed E-state index contributed by atoms with van der Waals surface area (Å²) in [6, 6.07) is 5.90. The zero-order chi connectivity index (χ0) is 18.8.